The van der Waals surface area contributed by atoms with Crippen molar-refractivity contribution in [1.82, 2.24) is 14.9 Å². The number of rotatable bonds is 3. The van der Waals surface area contributed by atoms with Gasteiger partial charge < -0.3 is 0 Å². The fourth-order valence-electron chi connectivity index (χ4n) is 1.35. The number of aromatic nitrogens is 2. The lowest BCUT2D eigenvalue weighted by molar-refractivity contribution is 0.538. The van der Waals surface area contributed by atoms with Crippen LogP contribution in [0.1, 0.15) is 25.2 Å². The SMILES string of the molecule is C#CC(C)(C)NS(=O)(=O)c1c(C)n[nH]c1C. The first kappa shape index (κ1) is 12.7. The van der Waals surface area contributed by atoms with Crippen LogP contribution in [0.2, 0.25) is 0 Å². The second-order valence-corrected chi connectivity index (χ2v) is 5.76. The highest BCUT2D eigenvalue weighted by atomic mass is 32.2. The third kappa shape index (κ3) is 2.43. The van der Waals surface area contributed by atoms with Gasteiger partial charge in [-0.3, -0.25) is 5.10 Å². The molecular weight excluding hydrogens is 226 g/mol. The quantitative estimate of drug-likeness (QED) is 0.766. The molecule has 5 nitrogen and oxygen atoms in total. The van der Waals surface area contributed by atoms with E-state index in [1.165, 1.54) is 0 Å². The Bertz CT molecular complexity index is 515. The summed E-state index contributed by atoms with van der Waals surface area (Å²) in [5.41, 5.74) is 0.00488. The highest BCUT2D eigenvalue weighted by Crippen LogP contribution is 2.18. The molecule has 0 spiro atoms. The number of aryl methyl sites for hydroxylation is 2. The number of sulfonamides is 1. The molecule has 0 unspecified atom stereocenters. The van der Waals surface area contributed by atoms with Crippen LogP contribution in [0.5, 0.6) is 0 Å². The Morgan fingerprint density at radius 2 is 2.00 bits per heavy atom. The fraction of sp³-hybridized carbons (Fsp3) is 0.500. The second kappa shape index (κ2) is 3.92. The van der Waals surface area contributed by atoms with E-state index in [2.05, 4.69) is 20.8 Å². The lowest BCUT2D eigenvalue weighted by atomic mass is 10.1. The Morgan fingerprint density at radius 1 is 1.44 bits per heavy atom. The summed E-state index contributed by atoms with van der Waals surface area (Å²) in [5, 5.41) is 6.47. The largest absolute Gasteiger partial charge is 0.281 e. The molecule has 16 heavy (non-hydrogen) atoms. The van der Waals surface area contributed by atoms with Gasteiger partial charge in [0.25, 0.3) is 0 Å². The smallest absolute Gasteiger partial charge is 0.245 e. The molecule has 6 heteroatoms. The van der Waals surface area contributed by atoms with Gasteiger partial charge in [0.15, 0.2) is 0 Å². The van der Waals surface area contributed by atoms with Gasteiger partial charge in [0.1, 0.15) is 4.90 Å². The summed E-state index contributed by atoms with van der Waals surface area (Å²) in [5.74, 6) is 2.38. The average Bonchev–Trinajstić information content (AvgIpc) is 2.44. The van der Waals surface area contributed by atoms with Crippen molar-refractivity contribution in [3.63, 3.8) is 0 Å². The van der Waals surface area contributed by atoms with Crippen LogP contribution < -0.4 is 4.72 Å². The number of nitrogens with zero attached hydrogens (tertiary/aromatic N) is 1. The highest BCUT2D eigenvalue weighted by Gasteiger charge is 2.28. The van der Waals surface area contributed by atoms with E-state index in [4.69, 9.17) is 6.42 Å². The zero-order chi connectivity index (χ0) is 12.6. The van der Waals surface area contributed by atoms with E-state index in [0.717, 1.165) is 0 Å². The fourth-order valence-corrected chi connectivity index (χ4v) is 3.07. The number of hydrogen-bond acceptors (Lipinski definition) is 3. The molecule has 88 valence electrons. The molecule has 1 aromatic rings. The number of terminal acetylenes is 1. The molecule has 0 aliphatic carbocycles. The van der Waals surface area contributed by atoms with Gasteiger partial charge in [-0.25, -0.2) is 8.42 Å². The van der Waals surface area contributed by atoms with Gasteiger partial charge in [-0.05, 0) is 27.7 Å². The normalized spacial score (nSPS) is 12.4. The number of aromatic amines is 1. The molecule has 0 atom stereocenters. The van der Waals surface area contributed by atoms with E-state index in [-0.39, 0.29) is 4.90 Å². The van der Waals surface area contributed by atoms with Crippen molar-refractivity contribution in [2.24, 2.45) is 0 Å². The molecule has 0 bridgehead atoms. The predicted octanol–water partition coefficient (Wildman–Crippen LogP) is 0.717. The molecule has 0 amide bonds. The van der Waals surface area contributed by atoms with Crippen molar-refractivity contribution < 1.29 is 8.42 Å². The van der Waals surface area contributed by atoms with Crippen molar-refractivity contribution in [2.45, 2.75) is 38.1 Å². The second-order valence-electron chi connectivity index (χ2n) is 4.14. The minimum absolute atomic E-state index is 0.163. The lowest BCUT2D eigenvalue weighted by Crippen LogP contribution is -2.42. The first-order chi connectivity index (χ1) is 7.19. The third-order valence-corrected chi connectivity index (χ3v) is 4.00. The van der Waals surface area contributed by atoms with Gasteiger partial charge in [-0.2, -0.15) is 9.82 Å². The van der Waals surface area contributed by atoms with Crippen LogP contribution in [0, 0.1) is 26.2 Å². The van der Waals surface area contributed by atoms with Crippen LogP contribution in [0.4, 0.5) is 0 Å². The topological polar surface area (TPSA) is 74.8 Å². The molecule has 2 N–H and O–H groups in total. The predicted molar refractivity (Wildman–Crippen MR) is 61.3 cm³/mol. The maximum Gasteiger partial charge on any atom is 0.245 e. The van der Waals surface area contributed by atoms with Crippen LogP contribution in [-0.2, 0) is 10.0 Å². The van der Waals surface area contributed by atoms with Gasteiger partial charge in [0, 0.05) is 0 Å². The Morgan fingerprint density at radius 3 is 2.38 bits per heavy atom. The number of hydrogen-bond donors (Lipinski definition) is 2. The van der Waals surface area contributed by atoms with E-state index >= 15 is 0 Å². The molecule has 1 rings (SSSR count). The summed E-state index contributed by atoms with van der Waals surface area (Å²) in [6, 6.07) is 0. The van der Waals surface area contributed by atoms with Gasteiger partial charge in [0.2, 0.25) is 10.0 Å². The van der Waals surface area contributed by atoms with Crippen LogP contribution in [0.3, 0.4) is 0 Å². The summed E-state index contributed by atoms with van der Waals surface area (Å²) in [6.07, 6.45) is 5.24. The lowest BCUT2D eigenvalue weighted by Gasteiger charge is -2.19. The first-order valence-corrected chi connectivity index (χ1v) is 6.21. The third-order valence-electron chi connectivity index (χ3n) is 2.08. The van der Waals surface area contributed by atoms with Crippen molar-refractivity contribution in [3.05, 3.63) is 11.4 Å². The summed E-state index contributed by atoms with van der Waals surface area (Å²) in [7, 11) is -3.63. The molecule has 0 radical (unpaired) electrons. The Kier molecular flexibility index (Phi) is 3.13. The van der Waals surface area contributed by atoms with Crippen LogP contribution in [-0.4, -0.2) is 24.2 Å². The number of H-pyrrole nitrogens is 1. The standard InChI is InChI=1S/C10H15N3O2S/c1-6-10(4,5)13-16(14,15)9-7(2)11-12-8(9)3/h1,13H,2-5H3,(H,11,12). The van der Waals surface area contributed by atoms with Crippen LogP contribution in [0.15, 0.2) is 4.90 Å². The van der Waals surface area contributed by atoms with E-state index in [1.807, 2.05) is 0 Å². The van der Waals surface area contributed by atoms with Gasteiger partial charge >= 0.3 is 0 Å². The zero-order valence-corrected chi connectivity index (χ0v) is 10.6. The summed E-state index contributed by atoms with van der Waals surface area (Å²) < 4.78 is 26.5. The van der Waals surface area contributed by atoms with Gasteiger partial charge in [0.05, 0.1) is 16.9 Å². The Balaban J connectivity index is 3.20. The minimum atomic E-state index is -3.63. The molecule has 0 aliphatic rings. The summed E-state index contributed by atoms with van der Waals surface area (Å²) in [6.45, 7) is 6.52. The van der Waals surface area contributed by atoms with Gasteiger partial charge in [-0.15, -0.1) is 6.42 Å². The van der Waals surface area contributed by atoms with E-state index in [0.29, 0.717) is 11.4 Å². The van der Waals surface area contributed by atoms with E-state index in [1.54, 1.807) is 27.7 Å². The molecule has 0 aromatic carbocycles. The van der Waals surface area contributed by atoms with Crippen LogP contribution in [0.25, 0.3) is 0 Å². The molecular formula is C10H15N3O2S. The highest BCUT2D eigenvalue weighted by molar-refractivity contribution is 7.89. The van der Waals surface area contributed by atoms with Crippen molar-refractivity contribution >= 4 is 10.0 Å². The van der Waals surface area contributed by atoms with Gasteiger partial charge in [-0.1, -0.05) is 5.92 Å². The minimum Gasteiger partial charge on any atom is -0.281 e. The van der Waals surface area contributed by atoms with E-state index < -0.39 is 15.6 Å². The molecule has 0 fully saturated rings. The average molecular weight is 241 g/mol. The maximum absolute atomic E-state index is 12.0. The maximum atomic E-state index is 12.0. The van der Waals surface area contributed by atoms with Crippen molar-refractivity contribution in [1.29, 1.82) is 0 Å². The summed E-state index contributed by atoms with van der Waals surface area (Å²) in [4.78, 5) is 0.163. The molecule has 0 saturated heterocycles. The molecule has 0 aliphatic heterocycles. The zero-order valence-electron chi connectivity index (χ0n) is 9.75. The molecule has 0 saturated carbocycles. The van der Waals surface area contributed by atoms with Crippen molar-refractivity contribution in [3.8, 4) is 12.3 Å². The Hall–Kier alpha value is -1.32. The molecule has 1 aromatic heterocycles. The number of nitrogens with one attached hydrogen (secondary N) is 2. The monoisotopic (exact) mass is 241 g/mol. The summed E-state index contributed by atoms with van der Waals surface area (Å²) >= 11 is 0. The van der Waals surface area contributed by atoms with E-state index in [9.17, 15) is 8.42 Å². The Labute approximate surface area is 95.7 Å². The van der Waals surface area contributed by atoms with Crippen molar-refractivity contribution in [2.75, 3.05) is 0 Å². The van der Waals surface area contributed by atoms with Crippen LogP contribution >= 0.6 is 0 Å². The molecule has 1 heterocycles. The first-order valence-electron chi connectivity index (χ1n) is 4.73.